The van der Waals surface area contributed by atoms with Gasteiger partial charge in [-0.25, -0.2) is 0 Å². The molecule has 1 aliphatic carbocycles. The van der Waals surface area contributed by atoms with Crippen LogP contribution < -0.4 is 14.2 Å². The Morgan fingerprint density at radius 3 is 2.63 bits per heavy atom. The highest BCUT2D eigenvalue weighted by atomic mass is 16.7. The highest BCUT2D eigenvalue weighted by molar-refractivity contribution is 5.46. The molecular weight excluding hydrogens is 342 g/mol. The average Bonchev–Trinajstić information content (AvgIpc) is 3.28. The van der Waals surface area contributed by atoms with Gasteiger partial charge in [0.25, 0.3) is 0 Å². The van der Waals surface area contributed by atoms with Gasteiger partial charge in [0.1, 0.15) is 5.75 Å². The van der Waals surface area contributed by atoms with E-state index < -0.39 is 6.10 Å². The lowest BCUT2D eigenvalue weighted by atomic mass is 10.0. The van der Waals surface area contributed by atoms with Crippen molar-refractivity contribution < 1.29 is 19.3 Å². The molecule has 0 aromatic heterocycles. The molecule has 1 N–H and O–H groups in total. The monoisotopic (exact) mass is 369 g/mol. The predicted octanol–water partition coefficient (Wildman–Crippen LogP) is 3.30. The third kappa shape index (κ3) is 4.04. The molecule has 2 aliphatic rings. The van der Waals surface area contributed by atoms with Crippen molar-refractivity contribution >= 4 is 0 Å². The van der Waals surface area contributed by atoms with Crippen LogP contribution in [0.2, 0.25) is 0 Å². The van der Waals surface area contributed by atoms with E-state index in [2.05, 4.69) is 23.1 Å². The number of nitrogens with zero attached hydrogens (tertiary/aromatic N) is 1. The Kier molecular flexibility index (Phi) is 5.23. The van der Waals surface area contributed by atoms with Crippen LogP contribution in [0.5, 0.6) is 17.2 Å². The van der Waals surface area contributed by atoms with E-state index in [1.54, 1.807) is 7.11 Å². The maximum atomic E-state index is 10.00. The molecule has 2 aromatic rings. The minimum absolute atomic E-state index is 0.280. The SMILES string of the molecule is COc1cc2c(cc1CN(Cc1ccc3c(c1)OCO3)C[C@@H](C)O)CCC2. The quantitative estimate of drug-likeness (QED) is 0.812. The Hall–Kier alpha value is -2.24. The first kappa shape index (κ1) is 18.1. The van der Waals surface area contributed by atoms with E-state index in [9.17, 15) is 5.11 Å². The molecule has 27 heavy (non-hydrogen) atoms. The van der Waals surface area contributed by atoms with Gasteiger partial charge in [-0.05, 0) is 61.1 Å². The summed E-state index contributed by atoms with van der Waals surface area (Å²) in [6.07, 6.45) is 3.10. The van der Waals surface area contributed by atoms with Crippen LogP contribution in [-0.2, 0) is 25.9 Å². The highest BCUT2D eigenvalue weighted by Gasteiger charge is 2.19. The van der Waals surface area contributed by atoms with Gasteiger partial charge in [-0.1, -0.05) is 12.1 Å². The molecule has 1 aliphatic heterocycles. The van der Waals surface area contributed by atoms with Crippen molar-refractivity contribution in [1.82, 2.24) is 4.90 Å². The molecule has 0 saturated heterocycles. The normalized spacial score (nSPS) is 15.9. The lowest BCUT2D eigenvalue weighted by Gasteiger charge is -2.25. The first-order chi connectivity index (χ1) is 13.1. The molecule has 0 bridgehead atoms. The van der Waals surface area contributed by atoms with Crippen molar-refractivity contribution in [1.29, 1.82) is 0 Å². The van der Waals surface area contributed by atoms with Gasteiger partial charge >= 0.3 is 0 Å². The van der Waals surface area contributed by atoms with Crippen LogP contribution in [0, 0.1) is 0 Å². The fourth-order valence-corrected chi connectivity index (χ4v) is 4.06. The maximum absolute atomic E-state index is 10.00. The summed E-state index contributed by atoms with van der Waals surface area (Å²) in [4.78, 5) is 2.25. The number of aryl methyl sites for hydroxylation is 2. The van der Waals surface area contributed by atoms with Gasteiger partial charge in [-0.2, -0.15) is 0 Å². The third-order valence-electron chi connectivity index (χ3n) is 5.25. The second kappa shape index (κ2) is 7.79. The van der Waals surface area contributed by atoms with Crippen LogP contribution in [-0.4, -0.2) is 36.6 Å². The number of fused-ring (bicyclic) bond motifs is 2. The van der Waals surface area contributed by atoms with Gasteiger partial charge < -0.3 is 19.3 Å². The Labute approximate surface area is 160 Å². The predicted molar refractivity (Wildman–Crippen MR) is 103 cm³/mol. The van der Waals surface area contributed by atoms with Crippen molar-refractivity contribution in [2.24, 2.45) is 0 Å². The number of rotatable bonds is 7. The fraction of sp³-hybridized carbons (Fsp3) is 0.455. The summed E-state index contributed by atoms with van der Waals surface area (Å²) in [7, 11) is 1.73. The second-order valence-corrected chi connectivity index (χ2v) is 7.49. The molecule has 0 unspecified atom stereocenters. The summed E-state index contributed by atoms with van der Waals surface area (Å²) in [5.74, 6) is 2.53. The number of methoxy groups -OCH3 is 1. The van der Waals surface area contributed by atoms with Gasteiger partial charge in [-0.3, -0.25) is 4.90 Å². The fourth-order valence-electron chi connectivity index (χ4n) is 4.06. The molecule has 0 amide bonds. The summed E-state index contributed by atoms with van der Waals surface area (Å²) in [6, 6.07) is 10.5. The zero-order chi connectivity index (χ0) is 18.8. The summed E-state index contributed by atoms with van der Waals surface area (Å²) in [5, 5.41) is 10.00. The van der Waals surface area contributed by atoms with E-state index in [-0.39, 0.29) is 6.79 Å². The Morgan fingerprint density at radius 2 is 1.85 bits per heavy atom. The van der Waals surface area contributed by atoms with Crippen LogP contribution in [0.1, 0.15) is 35.6 Å². The zero-order valence-electron chi connectivity index (χ0n) is 16.0. The van der Waals surface area contributed by atoms with Gasteiger partial charge in [0.15, 0.2) is 11.5 Å². The zero-order valence-corrected chi connectivity index (χ0v) is 16.0. The summed E-state index contributed by atoms with van der Waals surface area (Å²) in [5.41, 5.74) is 5.17. The van der Waals surface area contributed by atoms with Crippen molar-refractivity contribution in [3.05, 3.63) is 52.6 Å². The molecule has 144 valence electrons. The van der Waals surface area contributed by atoms with Gasteiger partial charge in [0, 0.05) is 25.2 Å². The largest absolute Gasteiger partial charge is 0.496 e. The van der Waals surface area contributed by atoms with E-state index >= 15 is 0 Å². The van der Waals surface area contributed by atoms with E-state index in [1.165, 1.54) is 23.1 Å². The lowest BCUT2D eigenvalue weighted by molar-refractivity contribution is 0.117. The second-order valence-electron chi connectivity index (χ2n) is 7.49. The molecule has 1 atom stereocenters. The van der Waals surface area contributed by atoms with Crippen LogP contribution in [0.4, 0.5) is 0 Å². The minimum atomic E-state index is -0.403. The molecule has 4 rings (SSSR count). The molecule has 0 spiro atoms. The third-order valence-corrected chi connectivity index (χ3v) is 5.25. The first-order valence-corrected chi connectivity index (χ1v) is 9.60. The van der Waals surface area contributed by atoms with E-state index in [4.69, 9.17) is 14.2 Å². The number of aliphatic hydroxyl groups is 1. The number of benzene rings is 2. The highest BCUT2D eigenvalue weighted by Crippen LogP contribution is 2.34. The maximum Gasteiger partial charge on any atom is 0.231 e. The minimum Gasteiger partial charge on any atom is -0.496 e. The van der Waals surface area contributed by atoms with Crippen molar-refractivity contribution in [3.8, 4) is 17.2 Å². The van der Waals surface area contributed by atoms with Crippen LogP contribution in [0.15, 0.2) is 30.3 Å². The van der Waals surface area contributed by atoms with Crippen LogP contribution in [0.3, 0.4) is 0 Å². The van der Waals surface area contributed by atoms with Crippen molar-refractivity contribution in [2.75, 3.05) is 20.4 Å². The van der Waals surface area contributed by atoms with Crippen LogP contribution in [0.25, 0.3) is 0 Å². The number of ether oxygens (including phenoxy) is 3. The molecule has 0 fully saturated rings. The van der Waals surface area contributed by atoms with Gasteiger partial charge in [-0.15, -0.1) is 0 Å². The smallest absolute Gasteiger partial charge is 0.231 e. The Balaban J connectivity index is 1.56. The van der Waals surface area contributed by atoms with E-state index in [0.29, 0.717) is 6.54 Å². The average molecular weight is 369 g/mol. The number of hydrogen-bond donors (Lipinski definition) is 1. The molecule has 5 heteroatoms. The number of hydrogen-bond acceptors (Lipinski definition) is 5. The van der Waals surface area contributed by atoms with E-state index in [1.807, 2.05) is 19.1 Å². The molecule has 2 aromatic carbocycles. The van der Waals surface area contributed by atoms with Gasteiger partial charge in [0.05, 0.1) is 13.2 Å². The lowest BCUT2D eigenvalue weighted by Crippen LogP contribution is -2.30. The molecule has 1 heterocycles. The molecular formula is C22H27NO4. The standard InChI is InChI=1S/C22H27NO4/c1-15(24)11-23(12-16-6-7-20-22(8-16)27-14-26-20)13-19-9-17-4-3-5-18(17)10-21(19)25-2/h6-10,15,24H,3-5,11-14H2,1-2H3/t15-/m1/s1. The Bertz CT molecular complexity index is 818. The summed E-state index contributed by atoms with van der Waals surface area (Å²) in [6.45, 7) is 4.15. The van der Waals surface area contributed by atoms with Crippen LogP contribution >= 0.6 is 0 Å². The number of aliphatic hydroxyl groups excluding tert-OH is 1. The summed E-state index contributed by atoms with van der Waals surface area (Å²) >= 11 is 0. The van der Waals surface area contributed by atoms with E-state index in [0.717, 1.165) is 48.7 Å². The van der Waals surface area contributed by atoms with Crippen molar-refractivity contribution in [3.63, 3.8) is 0 Å². The topological polar surface area (TPSA) is 51.2 Å². The molecule has 5 nitrogen and oxygen atoms in total. The van der Waals surface area contributed by atoms with Crippen molar-refractivity contribution in [2.45, 2.75) is 45.4 Å². The summed E-state index contributed by atoms with van der Waals surface area (Å²) < 4.78 is 16.6. The Morgan fingerprint density at radius 1 is 1.07 bits per heavy atom. The molecule has 0 radical (unpaired) electrons. The van der Waals surface area contributed by atoms with Gasteiger partial charge in [0.2, 0.25) is 6.79 Å². The molecule has 0 saturated carbocycles. The first-order valence-electron chi connectivity index (χ1n) is 9.60.